The number of carboxylic acid groups (broad SMARTS) is 1. The molecule has 0 radical (unpaired) electrons. The van der Waals surface area contributed by atoms with E-state index >= 15 is 0 Å². The Morgan fingerprint density at radius 2 is 1.74 bits per heavy atom. The maximum atomic E-state index is 11.8. The molecule has 1 heterocycles. The minimum absolute atomic E-state index is 0.181. The topological polar surface area (TPSA) is 78.9 Å². The zero-order valence-corrected chi connectivity index (χ0v) is 14.5. The average molecular weight is 326 g/mol. The van der Waals surface area contributed by atoms with Crippen LogP contribution in [-0.4, -0.2) is 46.9 Å². The number of hydrogen-bond acceptors (Lipinski definition) is 3. The molecular formula is C17H30N2O4. The van der Waals surface area contributed by atoms with Crippen molar-refractivity contribution in [2.45, 2.75) is 70.9 Å². The molecule has 0 aromatic rings. The molecule has 1 aliphatic heterocycles. The fourth-order valence-corrected chi connectivity index (χ4v) is 3.78. The van der Waals surface area contributed by atoms with Crippen molar-refractivity contribution in [3.05, 3.63) is 0 Å². The molecule has 0 aromatic heterocycles. The van der Waals surface area contributed by atoms with E-state index in [4.69, 9.17) is 9.84 Å². The molecule has 2 N–H and O–H groups in total. The fourth-order valence-electron chi connectivity index (χ4n) is 3.78. The first-order chi connectivity index (χ1) is 10.7. The van der Waals surface area contributed by atoms with E-state index in [9.17, 15) is 9.59 Å². The molecule has 1 atom stereocenters. The summed E-state index contributed by atoms with van der Waals surface area (Å²) in [5.41, 5.74) is -0.469. The van der Waals surface area contributed by atoms with Gasteiger partial charge < -0.3 is 20.1 Å². The second-order valence-electron chi connectivity index (χ2n) is 7.89. The summed E-state index contributed by atoms with van der Waals surface area (Å²) in [6.45, 7) is 6.92. The van der Waals surface area contributed by atoms with Gasteiger partial charge in [0.15, 0.2) is 0 Å². The highest BCUT2D eigenvalue weighted by molar-refractivity contribution is 5.68. The molecule has 0 bridgehead atoms. The molecule has 0 aromatic carbocycles. The highest BCUT2D eigenvalue weighted by Crippen LogP contribution is 2.35. The predicted molar refractivity (Wildman–Crippen MR) is 87.4 cm³/mol. The van der Waals surface area contributed by atoms with Crippen LogP contribution in [-0.2, 0) is 4.74 Å². The third kappa shape index (κ3) is 5.59. The summed E-state index contributed by atoms with van der Waals surface area (Å²) in [5, 5.41) is 12.1. The van der Waals surface area contributed by atoms with Crippen molar-refractivity contribution in [3.63, 3.8) is 0 Å². The molecule has 1 aliphatic carbocycles. The average Bonchev–Trinajstić information content (AvgIpc) is 2.46. The van der Waals surface area contributed by atoms with Gasteiger partial charge in [-0.2, -0.15) is 0 Å². The highest BCUT2D eigenvalue weighted by atomic mass is 16.6. The summed E-state index contributed by atoms with van der Waals surface area (Å²) >= 11 is 0. The first-order valence-electron chi connectivity index (χ1n) is 8.72. The minimum atomic E-state index is -0.796. The van der Waals surface area contributed by atoms with Gasteiger partial charge in [-0.3, -0.25) is 0 Å². The Balaban J connectivity index is 1.75. The summed E-state index contributed by atoms with van der Waals surface area (Å²) in [6, 6.07) is 0.181. The Hall–Kier alpha value is -1.46. The van der Waals surface area contributed by atoms with Gasteiger partial charge in [0.05, 0.1) is 0 Å². The van der Waals surface area contributed by atoms with E-state index in [-0.39, 0.29) is 12.1 Å². The van der Waals surface area contributed by atoms with Crippen molar-refractivity contribution >= 4 is 12.2 Å². The molecule has 2 amide bonds. The van der Waals surface area contributed by atoms with Crippen molar-refractivity contribution in [1.82, 2.24) is 10.2 Å². The molecule has 1 saturated heterocycles. The minimum Gasteiger partial charge on any atom is -0.465 e. The molecule has 1 unspecified atom stereocenters. The summed E-state index contributed by atoms with van der Waals surface area (Å²) < 4.78 is 5.30. The van der Waals surface area contributed by atoms with E-state index in [1.54, 1.807) is 4.90 Å². The van der Waals surface area contributed by atoms with Gasteiger partial charge in [0.2, 0.25) is 0 Å². The van der Waals surface area contributed by atoms with Crippen molar-refractivity contribution in [2.24, 2.45) is 11.8 Å². The lowest BCUT2D eigenvalue weighted by Gasteiger charge is -2.39. The molecular weight excluding hydrogens is 296 g/mol. The first-order valence-corrected chi connectivity index (χ1v) is 8.72. The van der Waals surface area contributed by atoms with Crippen LogP contribution in [0.5, 0.6) is 0 Å². The van der Waals surface area contributed by atoms with Gasteiger partial charge in [-0.1, -0.05) is 0 Å². The van der Waals surface area contributed by atoms with Gasteiger partial charge in [-0.15, -0.1) is 0 Å². The molecule has 0 spiro atoms. The van der Waals surface area contributed by atoms with E-state index < -0.39 is 11.7 Å². The van der Waals surface area contributed by atoms with Crippen LogP contribution >= 0.6 is 0 Å². The first kappa shape index (κ1) is 17.9. The van der Waals surface area contributed by atoms with Gasteiger partial charge in [-0.25, -0.2) is 9.59 Å². The molecule has 2 rings (SSSR count). The van der Waals surface area contributed by atoms with Crippen LogP contribution < -0.4 is 5.32 Å². The Morgan fingerprint density at radius 3 is 2.30 bits per heavy atom. The lowest BCUT2D eigenvalue weighted by atomic mass is 9.75. The fraction of sp³-hybridized carbons (Fsp3) is 0.882. The van der Waals surface area contributed by atoms with Gasteiger partial charge in [-0.05, 0) is 71.1 Å². The summed E-state index contributed by atoms with van der Waals surface area (Å²) in [4.78, 5) is 24.5. The lowest BCUT2D eigenvalue weighted by Crippen LogP contribution is -2.44. The number of rotatable bonds is 2. The molecule has 2 aliphatic rings. The van der Waals surface area contributed by atoms with E-state index in [0.29, 0.717) is 24.9 Å². The van der Waals surface area contributed by atoms with Gasteiger partial charge in [0.25, 0.3) is 0 Å². The van der Waals surface area contributed by atoms with Crippen LogP contribution in [0.15, 0.2) is 0 Å². The zero-order valence-electron chi connectivity index (χ0n) is 14.5. The summed E-state index contributed by atoms with van der Waals surface area (Å²) in [6.07, 6.45) is 4.97. The summed E-state index contributed by atoms with van der Waals surface area (Å²) in [5.74, 6) is 1.05. The molecule has 1 saturated carbocycles. The maximum absolute atomic E-state index is 11.8. The van der Waals surface area contributed by atoms with Crippen LogP contribution in [0.1, 0.15) is 59.3 Å². The van der Waals surface area contributed by atoms with Crippen molar-refractivity contribution in [2.75, 3.05) is 13.1 Å². The number of hydrogen-bond donors (Lipinski definition) is 2. The zero-order chi connectivity index (χ0) is 17.0. The normalized spacial score (nSPS) is 29.0. The van der Waals surface area contributed by atoms with Gasteiger partial charge in [0.1, 0.15) is 5.60 Å². The molecule has 2 fully saturated rings. The quantitative estimate of drug-likeness (QED) is 0.814. The number of piperidine rings is 1. The Labute approximate surface area is 138 Å². The van der Waals surface area contributed by atoms with E-state index in [1.165, 1.54) is 0 Å². The maximum Gasteiger partial charge on any atom is 0.407 e. The smallest absolute Gasteiger partial charge is 0.407 e. The summed E-state index contributed by atoms with van der Waals surface area (Å²) in [7, 11) is 0. The number of nitrogens with one attached hydrogen (secondary N) is 1. The number of likely N-dealkylation sites (tertiary alicyclic amines) is 1. The van der Waals surface area contributed by atoms with Gasteiger partial charge >= 0.3 is 12.2 Å². The number of alkyl carbamates (subject to hydrolysis) is 1. The van der Waals surface area contributed by atoms with Crippen LogP contribution in [0.2, 0.25) is 0 Å². The molecule has 132 valence electrons. The number of ether oxygens (including phenoxy) is 1. The number of amides is 2. The molecule has 23 heavy (non-hydrogen) atoms. The standard InChI is InChI=1S/C17H30N2O4/c1-17(2,3)23-15(20)18-14-8-6-12(7-9-14)13-5-4-10-19(11-13)16(21)22/h12-14H,4-11H2,1-3H3,(H,18,20)(H,21,22). The Bertz CT molecular complexity index is 425. The highest BCUT2D eigenvalue weighted by Gasteiger charge is 2.32. The third-order valence-electron chi connectivity index (χ3n) is 4.89. The SMILES string of the molecule is CC(C)(C)OC(=O)NC1CCC(C2CCCN(C(=O)O)C2)CC1. The number of carbonyl (C=O) groups is 2. The van der Waals surface area contributed by atoms with E-state index in [1.807, 2.05) is 20.8 Å². The second kappa shape index (κ2) is 7.41. The van der Waals surface area contributed by atoms with Crippen LogP contribution in [0.25, 0.3) is 0 Å². The molecule has 6 heteroatoms. The number of carbonyl (C=O) groups excluding carboxylic acids is 1. The monoisotopic (exact) mass is 326 g/mol. The molecule has 6 nitrogen and oxygen atoms in total. The third-order valence-corrected chi connectivity index (χ3v) is 4.89. The second-order valence-corrected chi connectivity index (χ2v) is 7.89. The van der Waals surface area contributed by atoms with Crippen molar-refractivity contribution < 1.29 is 19.4 Å². The van der Waals surface area contributed by atoms with Crippen LogP contribution in [0, 0.1) is 11.8 Å². The van der Waals surface area contributed by atoms with Crippen molar-refractivity contribution in [1.29, 1.82) is 0 Å². The Kier molecular flexibility index (Phi) is 5.76. The van der Waals surface area contributed by atoms with Crippen LogP contribution in [0.4, 0.5) is 9.59 Å². The van der Waals surface area contributed by atoms with E-state index in [0.717, 1.165) is 38.5 Å². The van der Waals surface area contributed by atoms with Gasteiger partial charge in [0, 0.05) is 19.1 Å². The predicted octanol–water partition coefficient (Wildman–Crippen LogP) is 3.46. The van der Waals surface area contributed by atoms with E-state index in [2.05, 4.69) is 5.32 Å². The number of nitrogens with zero attached hydrogens (tertiary/aromatic N) is 1. The Morgan fingerprint density at radius 1 is 1.09 bits per heavy atom. The van der Waals surface area contributed by atoms with Crippen molar-refractivity contribution in [3.8, 4) is 0 Å². The van der Waals surface area contributed by atoms with Crippen LogP contribution in [0.3, 0.4) is 0 Å². The largest absolute Gasteiger partial charge is 0.465 e. The lowest BCUT2D eigenvalue weighted by molar-refractivity contribution is 0.0469.